The van der Waals surface area contributed by atoms with Crippen LogP contribution < -0.4 is 14.2 Å². The van der Waals surface area contributed by atoms with Crippen LogP contribution in [0, 0.1) is 11.8 Å². The van der Waals surface area contributed by atoms with Gasteiger partial charge in [-0.25, -0.2) is 4.79 Å². The van der Waals surface area contributed by atoms with Crippen LogP contribution in [0.4, 0.5) is 0 Å². The minimum atomic E-state index is -0.922. The topological polar surface area (TPSA) is 89.5 Å². The molecule has 4 aliphatic rings. The molecule has 1 aromatic rings. The number of carbonyl (C=O) groups is 2. The first-order valence-electron chi connectivity index (χ1n) is 11.8. The Bertz CT molecular complexity index is 1210. The van der Waals surface area contributed by atoms with E-state index < -0.39 is 11.5 Å². The van der Waals surface area contributed by atoms with Gasteiger partial charge in [-0.3, -0.25) is 4.79 Å². The second-order valence-corrected chi connectivity index (χ2v) is 9.54. The fraction of sp³-hybridized carbons (Fsp3) is 0.481. The Kier molecular flexibility index (Phi) is 5.57. The molecular weight excluding hydrogens is 452 g/mol. The Morgan fingerprint density at radius 2 is 1.91 bits per heavy atom. The fourth-order valence-corrected chi connectivity index (χ4v) is 5.62. The number of methoxy groups -OCH3 is 2. The van der Waals surface area contributed by atoms with E-state index in [0.29, 0.717) is 35.0 Å². The van der Waals surface area contributed by atoms with Crippen molar-refractivity contribution in [3.05, 3.63) is 52.0 Å². The molecule has 8 nitrogen and oxygen atoms in total. The van der Waals surface area contributed by atoms with Crippen LogP contribution >= 0.6 is 0 Å². The summed E-state index contributed by atoms with van der Waals surface area (Å²) in [5.41, 5.74) is 2.00. The molecule has 2 aliphatic carbocycles. The summed E-state index contributed by atoms with van der Waals surface area (Å²) >= 11 is 0. The highest BCUT2D eigenvalue weighted by Crippen LogP contribution is 2.62. The molecule has 0 bridgehead atoms. The Morgan fingerprint density at radius 1 is 1.14 bits per heavy atom. The monoisotopic (exact) mass is 482 g/mol. The zero-order valence-electron chi connectivity index (χ0n) is 20.9. The van der Waals surface area contributed by atoms with Gasteiger partial charge in [0.2, 0.25) is 24.1 Å². The minimum Gasteiger partial charge on any atom is -0.496 e. The molecule has 1 unspecified atom stereocenters. The maximum absolute atomic E-state index is 13.0. The van der Waals surface area contributed by atoms with Crippen molar-refractivity contribution in [3.8, 4) is 17.2 Å². The van der Waals surface area contributed by atoms with E-state index in [0.717, 1.165) is 16.7 Å². The first-order valence-corrected chi connectivity index (χ1v) is 11.8. The lowest BCUT2D eigenvalue weighted by atomic mass is 9.62. The molecule has 0 radical (unpaired) electrons. The molecule has 0 aromatic heterocycles. The van der Waals surface area contributed by atoms with E-state index >= 15 is 0 Å². The van der Waals surface area contributed by atoms with Crippen molar-refractivity contribution < 1.29 is 38.0 Å². The van der Waals surface area contributed by atoms with E-state index in [1.807, 2.05) is 6.07 Å². The molecule has 35 heavy (non-hydrogen) atoms. The summed E-state index contributed by atoms with van der Waals surface area (Å²) in [6, 6.07) is 1.88. The quantitative estimate of drug-likeness (QED) is 0.464. The summed E-state index contributed by atoms with van der Waals surface area (Å²) in [5.74, 6) is 1.45. The Balaban J connectivity index is 1.83. The minimum absolute atomic E-state index is 0.0627. The molecule has 1 aromatic carbocycles. The molecule has 4 atom stereocenters. The fourth-order valence-electron chi connectivity index (χ4n) is 5.62. The van der Waals surface area contributed by atoms with E-state index in [4.69, 9.17) is 28.4 Å². The number of rotatable bonds is 4. The van der Waals surface area contributed by atoms with Crippen molar-refractivity contribution >= 4 is 11.8 Å². The zero-order valence-corrected chi connectivity index (χ0v) is 20.9. The van der Waals surface area contributed by atoms with Gasteiger partial charge in [0.05, 0.1) is 14.2 Å². The Hall–Kier alpha value is -3.42. The second-order valence-electron chi connectivity index (χ2n) is 9.54. The molecule has 5 rings (SSSR count). The number of ketones is 1. The third-order valence-electron chi connectivity index (χ3n) is 7.80. The largest absolute Gasteiger partial charge is 0.496 e. The molecule has 0 N–H and O–H groups in total. The number of hydrogen-bond donors (Lipinski definition) is 0. The summed E-state index contributed by atoms with van der Waals surface area (Å²) < 4.78 is 35.4. The molecule has 2 heterocycles. The van der Waals surface area contributed by atoms with E-state index in [1.54, 1.807) is 26.0 Å². The molecule has 0 saturated carbocycles. The van der Waals surface area contributed by atoms with E-state index in [1.165, 1.54) is 14.2 Å². The van der Waals surface area contributed by atoms with Gasteiger partial charge >= 0.3 is 5.97 Å². The van der Waals surface area contributed by atoms with Crippen molar-refractivity contribution in [3.63, 3.8) is 0 Å². The molecule has 8 heteroatoms. The average molecular weight is 483 g/mol. The van der Waals surface area contributed by atoms with Gasteiger partial charge in [0, 0.05) is 22.6 Å². The van der Waals surface area contributed by atoms with E-state index in [9.17, 15) is 9.59 Å². The number of hydrogen-bond acceptors (Lipinski definition) is 8. The van der Waals surface area contributed by atoms with Gasteiger partial charge in [-0.05, 0) is 43.9 Å². The molecule has 0 saturated heterocycles. The van der Waals surface area contributed by atoms with Crippen molar-refractivity contribution in [2.45, 2.75) is 45.6 Å². The Morgan fingerprint density at radius 3 is 2.60 bits per heavy atom. The highest BCUT2D eigenvalue weighted by atomic mass is 16.7. The molecular formula is C27H30O8. The first-order chi connectivity index (χ1) is 16.8. The van der Waals surface area contributed by atoms with E-state index in [-0.39, 0.29) is 42.7 Å². The van der Waals surface area contributed by atoms with Gasteiger partial charge in [0.15, 0.2) is 17.3 Å². The smallest absolute Gasteiger partial charge is 0.333 e. The van der Waals surface area contributed by atoms with Crippen LogP contribution in [0.15, 0.2) is 40.9 Å². The average Bonchev–Trinajstić information content (AvgIpc) is 3.47. The lowest BCUT2D eigenvalue weighted by Gasteiger charge is -2.42. The van der Waals surface area contributed by atoms with Gasteiger partial charge in [-0.1, -0.05) is 19.9 Å². The van der Waals surface area contributed by atoms with Crippen LogP contribution in [0.5, 0.6) is 17.2 Å². The number of benzene rings is 1. The van der Waals surface area contributed by atoms with Gasteiger partial charge in [0.1, 0.15) is 18.1 Å². The molecule has 1 spiro atoms. The zero-order chi connectivity index (χ0) is 25.1. The van der Waals surface area contributed by atoms with Gasteiger partial charge < -0.3 is 28.4 Å². The standard InChI is InChI=1S/C27H30O8/c1-7-13(2)26(29)35-21-15(4)14(3)8-16-9-18(28)22(30-5)25(31-6)27(16)11-32-24-20(27)17(21)10-19-23(24)34-12-33-19/h7,9-10,14-15,21H,8,11-12H2,1-6H3/b13-7-/t14-,15-,21-,27?/m1/s1. The predicted octanol–water partition coefficient (Wildman–Crippen LogP) is 4.29. The predicted molar refractivity (Wildman–Crippen MR) is 125 cm³/mol. The molecule has 2 aliphatic heterocycles. The summed E-state index contributed by atoms with van der Waals surface area (Å²) in [7, 11) is 2.98. The second kappa shape index (κ2) is 8.36. The summed E-state index contributed by atoms with van der Waals surface area (Å²) in [6.45, 7) is 7.96. The van der Waals surface area contributed by atoms with Crippen molar-refractivity contribution in [1.82, 2.24) is 0 Å². The van der Waals surface area contributed by atoms with Crippen LogP contribution in [0.2, 0.25) is 0 Å². The lowest BCUT2D eigenvalue weighted by Crippen LogP contribution is -2.42. The summed E-state index contributed by atoms with van der Waals surface area (Å²) in [5, 5.41) is 0. The number of fused-ring (bicyclic) bond motifs is 2. The van der Waals surface area contributed by atoms with Crippen molar-refractivity contribution in [2.75, 3.05) is 27.6 Å². The normalized spacial score (nSPS) is 28.9. The summed E-state index contributed by atoms with van der Waals surface area (Å²) in [6.07, 6.45) is 3.38. The SMILES string of the molecule is C/C=C(/C)C(=O)O[C@H]1c2cc3c(c4c2C2(CO4)C(=CC(=O)C(OC)=C2OC)C[C@@H](C)[C@H]1C)OCO3. The van der Waals surface area contributed by atoms with Crippen molar-refractivity contribution in [2.24, 2.45) is 11.8 Å². The van der Waals surface area contributed by atoms with Crippen LogP contribution in [0.3, 0.4) is 0 Å². The highest BCUT2D eigenvalue weighted by molar-refractivity contribution is 6.05. The third kappa shape index (κ3) is 3.18. The number of ether oxygens (including phenoxy) is 6. The highest BCUT2D eigenvalue weighted by Gasteiger charge is 2.58. The number of carbonyl (C=O) groups excluding carboxylic acids is 2. The maximum atomic E-state index is 13.0. The number of esters is 1. The van der Waals surface area contributed by atoms with E-state index in [2.05, 4.69) is 13.8 Å². The van der Waals surface area contributed by atoms with Gasteiger partial charge in [-0.15, -0.1) is 0 Å². The van der Waals surface area contributed by atoms with Gasteiger partial charge in [-0.2, -0.15) is 0 Å². The third-order valence-corrected chi connectivity index (χ3v) is 7.80. The van der Waals surface area contributed by atoms with Crippen LogP contribution in [-0.4, -0.2) is 39.4 Å². The van der Waals surface area contributed by atoms with Crippen LogP contribution in [0.25, 0.3) is 0 Å². The van der Waals surface area contributed by atoms with Crippen LogP contribution in [0.1, 0.15) is 51.3 Å². The first kappa shape index (κ1) is 23.3. The Labute approximate surface area is 204 Å². The van der Waals surface area contributed by atoms with Crippen molar-refractivity contribution in [1.29, 1.82) is 0 Å². The molecule has 0 fully saturated rings. The number of allylic oxidation sites excluding steroid dienone is 2. The molecule has 0 amide bonds. The van der Waals surface area contributed by atoms with Gasteiger partial charge in [0.25, 0.3) is 0 Å². The summed E-state index contributed by atoms with van der Waals surface area (Å²) in [4.78, 5) is 26.0. The van der Waals surface area contributed by atoms with Crippen LogP contribution in [-0.2, 0) is 29.2 Å². The lowest BCUT2D eigenvalue weighted by molar-refractivity contribution is -0.148. The molecule has 186 valence electrons. The maximum Gasteiger partial charge on any atom is 0.333 e.